The molecule has 0 amide bonds. The minimum Gasteiger partial charge on any atom is -0.455 e. The smallest absolute Gasteiger partial charge is 0.160 e. The van der Waals surface area contributed by atoms with Crippen molar-refractivity contribution in [2.45, 2.75) is 5.41 Å². The average Bonchev–Trinajstić information content (AvgIpc) is 3.59. The van der Waals surface area contributed by atoms with Crippen molar-refractivity contribution in [3.63, 3.8) is 0 Å². The third kappa shape index (κ3) is 4.80. The molecule has 1 aliphatic heterocycles. The van der Waals surface area contributed by atoms with Crippen LogP contribution in [-0.2, 0) is 5.41 Å². The maximum atomic E-state index is 7.18. The summed E-state index contributed by atoms with van der Waals surface area (Å²) in [4.78, 5) is 10.7. The van der Waals surface area contributed by atoms with Crippen molar-refractivity contribution in [1.29, 1.82) is 0 Å². The normalized spacial score (nSPS) is 13.1. The number of hydrogen-bond acceptors (Lipinski definition) is 3. The summed E-state index contributed by atoms with van der Waals surface area (Å²) in [6, 6.07) is 73.6. The Morgan fingerprint density at radius 2 is 0.810 bits per heavy atom. The van der Waals surface area contributed by atoms with Crippen LogP contribution in [0.15, 0.2) is 206 Å². The monoisotopic (exact) mass is 738 g/mol. The van der Waals surface area contributed by atoms with Crippen LogP contribution in [-0.4, -0.2) is 9.97 Å². The van der Waals surface area contributed by atoms with Crippen molar-refractivity contribution in [3.05, 3.63) is 229 Å². The molecule has 0 radical (unpaired) electrons. The van der Waals surface area contributed by atoms with Gasteiger partial charge in [-0.2, -0.15) is 0 Å². The van der Waals surface area contributed by atoms with E-state index in [9.17, 15) is 0 Å². The molecule has 0 saturated heterocycles. The van der Waals surface area contributed by atoms with E-state index in [1.807, 2.05) is 12.1 Å². The summed E-state index contributed by atoms with van der Waals surface area (Å²) >= 11 is 0. The van der Waals surface area contributed by atoms with Gasteiger partial charge in [-0.25, -0.2) is 9.97 Å². The van der Waals surface area contributed by atoms with E-state index in [2.05, 4.69) is 194 Å². The molecule has 2 aliphatic rings. The molecule has 9 aromatic carbocycles. The Morgan fingerprint density at radius 3 is 1.47 bits per heavy atom. The first-order chi connectivity index (χ1) is 28.7. The van der Waals surface area contributed by atoms with Gasteiger partial charge in [0.15, 0.2) is 5.82 Å². The highest BCUT2D eigenvalue weighted by molar-refractivity contribution is 6.00. The fraction of sp³-hybridized carbons (Fsp3) is 0.0182. The standard InChI is InChI=1S/C55H34N2O/c1-3-13-35(14-4-1)36-23-25-40(26-24-36)51-34-50(39-17-5-2-6-18-39)56-54(57-51)41-27-30-45-44-21-11-12-22-46(44)55(49(45)33-41)47-31-28-37-15-7-9-19-42(37)52(47)58-53-43-20-10-8-16-38(43)29-32-48(53)55/h1-34H. The molecule has 2 heterocycles. The van der Waals surface area contributed by atoms with E-state index in [0.717, 1.165) is 72.2 Å². The summed E-state index contributed by atoms with van der Waals surface area (Å²) in [7, 11) is 0. The molecule has 3 nitrogen and oxygen atoms in total. The van der Waals surface area contributed by atoms with Crippen LogP contribution >= 0.6 is 0 Å². The molecule has 1 aromatic heterocycles. The van der Waals surface area contributed by atoms with Crippen molar-refractivity contribution < 1.29 is 4.74 Å². The summed E-state index contributed by atoms with van der Waals surface area (Å²) in [6.07, 6.45) is 0. The van der Waals surface area contributed by atoms with Gasteiger partial charge in [0.1, 0.15) is 11.5 Å². The quantitative estimate of drug-likeness (QED) is 0.180. The van der Waals surface area contributed by atoms with Gasteiger partial charge in [0, 0.05) is 38.6 Å². The van der Waals surface area contributed by atoms with E-state index in [0.29, 0.717) is 5.82 Å². The Labute approximate surface area is 336 Å². The van der Waals surface area contributed by atoms with E-state index < -0.39 is 5.41 Å². The zero-order chi connectivity index (χ0) is 38.2. The number of hydrogen-bond donors (Lipinski definition) is 0. The van der Waals surface area contributed by atoms with Crippen LogP contribution in [0.1, 0.15) is 22.3 Å². The van der Waals surface area contributed by atoms with Crippen molar-refractivity contribution in [2.75, 3.05) is 0 Å². The molecule has 1 spiro atoms. The predicted octanol–water partition coefficient (Wildman–Crippen LogP) is 13.9. The lowest BCUT2D eigenvalue weighted by Gasteiger charge is -2.40. The Balaban J connectivity index is 1.12. The van der Waals surface area contributed by atoms with Crippen molar-refractivity contribution >= 4 is 21.5 Å². The topological polar surface area (TPSA) is 35.0 Å². The molecule has 0 saturated carbocycles. The minimum absolute atomic E-state index is 0.661. The Kier molecular flexibility index (Phi) is 7.14. The molecule has 0 bridgehead atoms. The largest absolute Gasteiger partial charge is 0.455 e. The molecule has 0 N–H and O–H groups in total. The highest BCUT2D eigenvalue weighted by atomic mass is 16.5. The summed E-state index contributed by atoms with van der Waals surface area (Å²) < 4.78 is 7.18. The van der Waals surface area contributed by atoms with Gasteiger partial charge < -0.3 is 4.74 Å². The zero-order valence-electron chi connectivity index (χ0n) is 31.4. The molecule has 0 atom stereocenters. The maximum absolute atomic E-state index is 7.18. The van der Waals surface area contributed by atoms with Crippen molar-refractivity contribution in [2.24, 2.45) is 0 Å². The van der Waals surface area contributed by atoms with E-state index in [1.165, 1.54) is 33.4 Å². The first kappa shape index (κ1) is 32.6. The molecule has 0 unspecified atom stereocenters. The first-order valence-corrected chi connectivity index (χ1v) is 19.8. The molecule has 10 aromatic rings. The number of fused-ring (bicyclic) bond motifs is 13. The Hall–Kier alpha value is -7.62. The molecular formula is C55H34N2O. The van der Waals surface area contributed by atoms with Gasteiger partial charge in [-0.15, -0.1) is 0 Å². The fourth-order valence-corrected chi connectivity index (χ4v) is 9.49. The molecular weight excluding hydrogens is 705 g/mol. The van der Waals surface area contributed by atoms with Gasteiger partial charge >= 0.3 is 0 Å². The molecule has 58 heavy (non-hydrogen) atoms. The highest BCUT2D eigenvalue weighted by Gasteiger charge is 2.52. The predicted molar refractivity (Wildman–Crippen MR) is 236 cm³/mol. The van der Waals surface area contributed by atoms with E-state index in [1.54, 1.807) is 0 Å². The van der Waals surface area contributed by atoms with Crippen LogP contribution in [0, 0.1) is 0 Å². The van der Waals surface area contributed by atoms with Gasteiger partial charge in [0.2, 0.25) is 0 Å². The Morgan fingerprint density at radius 1 is 0.328 bits per heavy atom. The SMILES string of the molecule is c1ccc(-c2ccc(-c3cc(-c4ccccc4)nc(-c4ccc5c(c4)C4(c6ccccc6-5)c5ccc6ccccc6c5Oc5c4ccc4ccccc54)n3)cc2)cc1. The van der Waals surface area contributed by atoms with Crippen LogP contribution in [0.25, 0.3) is 77.7 Å². The van der Waals surface area contributed by atoms with Gasteiger partial charge in [0.05, 0.1) is 16.8 Å². The zero-order valence-corrected chi connectivity index (χ0v) is 31.4. The third-order valence-electron chi connectivity index (χ3n) is 12.2. The number of ether oxygens (including phenoxy) is 1. The third-order valence-corrected chi connectivity index (χ3v) is 12.2. The van der Waals surface area contributed by atoms with Crippen LogP contribution < -0.4 is 4.74 Å². The lowest BCUT2D eigenvalue weighted by atomic mass is 9.65. The summed E-state index contributed by atoms with van der Waals surface area (Å²) in [5, 5.41) is 4.50. The van der Waals surface area contributed by atoms with E-state index in [4.69, 9.17) is 14.7 Å². The van der Waals surface area contributed by atoms with Crippen molar-refractivity contribution in [3.8, 4) is 67.7 Å². The second-order valence-electron chi connectivity index (χ2n) is 15.3. The van der Waals surface area contributed by atoms with Gasteiger partial charge in [-0.05, 0) is 56.3 Å². The summed E-state index contributed by atoms with van der Waals surface area (Å²) in [5.74, 6) is 2.49. The van der Waals surface area contributed by atoms with Gasteiger partial charge in [-0.3, -0.25) is 0 Å². The summed E-state index contributed by atoms with van der Waals surface area (Å²) in [5.41, 5.74) is 13.6. The second kappa shape index (κ2) is 12.7. The lowest BCUT2D eigenvalue weighted by molar-refractivity contribution is 0.447. The minimum atomic E-state index is -0.661. The van der Waals surface area contributed by atoms with Crippen LogP contribution in [0.2, 0.25) is 0 Å². The molecule has 12 rings (SSSR count). The van der Waals surface area contributed by atoms with Gasteiger partial charge in [-0.1, -0.05) is 194 Å². The van der Waals surface area contributed by atoms with Gasteiger partial charge in [0.25, 0.3) is 0 Å². The highest BCUT2D eigenvalue weighted by Crippen LogP contribution is 2.64. The van der Waals surface area contributed by atoms with Crippen LogP contribution in [0.4, 0.5) is 0 Å². The average molecular weight is 739 g/mol. The number of rotatable bonds is 4. The first-order valence-electron chi connectivity index (χ1n) is 19.8. The van der Waals surface area contributed by atoms with Crippen molar-refractivity contribution in [1.82, 2.24) is 9.97 Å². The number of aromatic nitrogens is 2. The van der Waals surface area contributed by atoms with E-state index in [-0.39, 0.29) is 0 Å². The number of nitrogens with zero attached hydrogens (tertiary/aromatic N) is 2. The van der Waals surface area contributed by atoms with E-state index >= 15 is 0 Å². The van der Waals surface area contributed by atoms with Crippen LogP contribution in [0.5, 0.6) is 11.5 Å². The Bertz CT molecular complexity index is 3160. The van der Waals surface area contributed by atoms with Crippen LogP contribution in [0.3, 0.4) is 0 Å². The molecule has 1 aliphatic carbocycles. The lowest BCUT2D eigenvalue weighted by Crippen LogP contribution is -2.32. The summed E-state index contributed by atoms with van der Waals surface area (Å²) in [6.45, 7) is 0. The second-order valence-corrected chi connectivity index (χ2v) is 15.3. The maximum Gasteiger partial charge on any atom is 0.160 e. The fourth-order valence-electron chi connectivity index (χ4n) is 9.49. The molecule has 0 fully saturated rings. The molecule has 3 heteroatoms. The number of benzene rings is 9. The molecule has 270 valence electrons.